The summed E-state index contributed by atoms with van der Waals surface area (Å²) in [4.78, 5) is 2.16. The lowest BCUT2D eigenvalue weighted by atomic mass is 10.2. The second-order valence-electron chi connectivity index (χ2n) is 4.10. The molecule has 0 radical (unpaired) electrons. The van der Waals surface area contributed by atoms with Gasteiger partial charge >= 0.3 is 0 Å². The fourth-order valence-corrected chi connectivity index (χ4v) is 1.58. The van der Waals surface area contributed by atoms with Crippen LogP contribution in [0.3, 0.4) is 0 Å². The molecule has 86 valence electrons. The topological polar surface area (TPSA) is 27.0 Å². The van der Waals surface area contributed by atoms with Crippen molar-refractivity contribution in [3.05, 3.63) is 35.6 Å². The van der Waals surface area contributed by atoms with Crippen LogP contribution in [0.15, 0.2) is 24.3 Å². The Balaban J connectivity index is 2.64. The Bertz CT molecular complexity index is 368. The molecule has 1 rings (SSSR count). The first kappa shape index (κ1) is 12.7. The van der Waals surface area contributed by atoms with Crippen LogP contribution >= 0.6 is 0 Å². The molecule has 2 nitrogen and oxygen atoms in total. The molecule has 0 heterocycles. The molecule has 3 heteroatoms. The van der Waals surface area contributed by atoms with Crippen LogP contribution in [0.1, 0.15) is 25.8 Å². The molecule has 0 saturated heterocycles. The lowest BCUT2D eigenvalue weighted by molar-refractivity contribution is 0.217. The fraction of sp³-hybridized carbons (Fsp3) is 0.462. The number of halogens is 1. The average molecular weight is 220 g/mol. The summed E-state index contributed by atoms with van der Waals surface area (Å²) in [5.74, 6) is -0.207. The second kappa shape index (κ2) is 6.24. The molecule has 0 unspecified atom stereocenters. The number of hydrogen-bond acceptors (Lipinski definition) is 2. The fourth-order valence-electron chi connectivity index (χ4n) is 1.58. The van der Waals surface area contributed by atoms with Gasteiger partial charge in [-0.15, -0.1) is 0 Å². The first-order valence-corrected chi connectivity index (χ1v) is 5.49. The van der Waals surface area contributed by atoms with E-state index in [1.807, 2.05) is 6.07 Å². The summed E-state index contributed by atoms with van der Waals surface area (Å²) in [7, 11) is 0. The van der Waals surface area contributed by atoms with Gasteiger partial charge in [0.2, 0.25) is 0 Å². The van der Waals surface area contributed by atoms with Crippen molar-refractivity contribution < 1.29 is 4.39 Å². The number of rotatable bonds is 5. The van der Waals surface area contributed by atoms with Gasteiger partial charge in [0.1, 0.15) is 5.82 Å². The third-order valence-electron chi connectivity index (χ3n) is 2.52. The van der Waals surface area contributed by atoms with Crippen molar-refractivity contribution >= 4 is 0 Å². The lowest BCUT2D eigenvalue weighted by Gasteiger charge is -2.25. The van der Waals surface area contributed by atoms with E-state index in [4.69, 9.17) is 5.26 Å². The molecular formula is C13H17FN2. The van der Waals surface area contributed by atoms with Crippen molar-refractivity contribution in [3.63, 3.8) is 0 Å². The van der Waals surface area contributed by atoms with E-state index in [0.717, 1.165) is 12.1 Å². The SMILES string of the molecule is CC(C)N(CCC#N)Cc1cccc(F)c1. The molecule has 0 aliphatic heterocycles. The molecule has 0 N–H and O–H groups in total. The van der Waals surface area contributed by atoms with E-state index in [0.29, 0.717) is 19.0 Å². The molecule has 16 heavy (non-hydrogen) atoms. The van der Waals surface area contributed by atoms with Crippen LogP contribution in [0.5, 0.6) is 0 Å². The van der Waals surface area contributed by atoms with E-state index < -0.39 is 0 Å². The maximum absolute atomic E-state index is 13.0. The molecule has 0 aliphatic rings. The van der Waals surface area contributed by atoms with Crippen molar-refractivity contribution in [2.75, 3.05) is 6.54 Å². The minimum atomic E-state index is -0.207. The highest BCUT2D eigenvalue weighted by atomic mass is 19.1. The van der Waals surface area contributed by atoms with Crippen LogP contribution in [0.2, 0.25) is 0 Å². The number of hydrogen-bond donors (Lipinski definition) is 0. The van der Waals surface area contributed by atoms with Crippen LogP contribution in [0, 0.1) is 17.1 Å². The maximum Gasteiger partial charge on any atom is 0.123 e. The van der Waals surface area contributed by atoms with Crippen molar-refractivity contribution in [3.8, 4) is 6.07 Å². The van der Waals surface area contributed by atoms with Crippen molar-refractivity contribution in [2.45, 2.75) is 32.9 Å². The Morgan fingerprint density at radius 1 is 1.44 bits per heavy atom. The number of benzene rings is 1. The molecule has 0 aliphatic carbocycles. The zero-order valence-corrected chi connectivity index (χ0v) is 9.78. The van der Waals surface area contributed by atoms with Gasteiger partial charge < -0.3 is 0 Å². The summed E-state index contributed by atoms with van der Waals surface area (Å²) in [6.45, 7) is 5.58. The highest BCUT2D eigenvalue weighted by molar-refractivity contribution is 5.16. The quantitative estimate of drug-likeness (QED) is 0.762. The number of nitrogens with zero attached hydrogens (tertiary/aromatic N) is 2. The minimum absolute atomic E-state index is 0.207. The normalized spacial score (nSPS) is 10.8. The summed E-state index contributed by atoms with van der Waals surface area (Å²) < 4.78 is 13.0. The molecule has 1 aromatic rings. The van der Waals surface area contributed by atoms with E-state index >= 15 is 0 Å². The van der Waals surface area contributed by atoms with Gasteiger partial charge in [-0.25, -0.2) is 4.39 Å². The van der Waals surface area contributed by atoms with Crippen molar-refractivity contribution in [2.24, 2.45) is 0 Å². The molecule has 0 atom stereocenters. The highest BCUT2D eigenvalue weighted by Gasteiger charge is 2.09. The second-order valence-corrected chi connectivity index (χ2v) is 4.10. The summed E-state index contributed by atoms with van der Waals surface area (Å²) in [5.41, 5.74) is 0.951. The first-order chi connectivity index (χ1) is 7.63. The summed E-state index contributed by atoms with van der Waals surface area (Å²) in [6, 6.07) is 9.10. The van der Waals surface area contributed by atoms with E-state index in [1.54, 1.807) is 12.1 Å². The van der Waals surface area contributed by atoms with Crippen LogP contribution in [0.25, 0.3) is 0 Å². The minimum Gasteiger partial charge on any atom is -0.296 e. The van der Waals surface area contributed by atoms with Crippen LogP contribution < -0.4 is 0 Å². The Kier molecular flexibility index (Phi) is 4.94. The molecule has 0 aromatic heterocycles. The van der Waals surface area contributed by atoms with Crippen LogP contribution in [-0.2, 0) is 6.54 Å². The van der Waals surface area contributed by atoms with Gasteiger partial charge in [-0.2, -0.15) is 5.26 Å². The predicted molar refractivity (Wildman–Crippen MR) is 62.2 cm³/mol. The van der Waals surface area contributed by atoms with E-state index in [-0.39, 0.29) is 5.82 Å². The first-order valence-electron chi connectivity index (χ1n) is 5.49. The van der Waals surface area contributed by atoms with E-state index in [2.05, 4.69) is 24.8 Å². The molecule has 0 amide bonds. The maximum atomic E-state index is 13.0. The molecule has 0 saturated carbocycles. The third kappa shape index (κ3) is 4.00. The van der Waals surface area contributed by atoms with Crippen LogP contribution in [-0.4, -0.2) is 17.5 Å². The van der Waals surface area contributed by atoms with Gasteiger partial charge in [0.25, 0.3) is 0 Å². The standard InChI is InChI=1S/C13H17FN2/c1-11(2)16(8-4-7-15)10-12-5-3-6-13(14)9-12/h3,5-6,9,11H,4,8,10H2,1-2H3. The number of nitriles is 1. The Labute approximate surface area is 96.3 Å². The van der Waals surface area contributed by atoms with Gasteiger partial charge in [-0.3, -0.25) is 4.90 Å². The van der Waals surface area contributed by atoms with Gasteiger partial charge in [0.05, 0.1) is 6.07 Å². The Morgan fingerprint density at radius 2 is 2.19 bits per heavy atom. The predicted octanol–water partition coefficient (Wildman–Crippen LogP) is 2.95. The largest absolute Gasteiger partial charge is 0.296 e. The summed E-state index contributed by atoms with van der Waals surface area (Å²) >= 11 is 0. The highest BCUT2D eigenvalue weighted by Crippen LogP contribution is 2.10. The van der Waals surface area contributed by atoms with Gasteiger partial charge in [0, 0.05) is 25.6 Å². The average Bonchev–Trinajstić information content (AvgIpc) is 2.24. The third-order valence-corrected chi connectivity index (χ3v) is 2.52. The monoisotopic (exact) mass is 220 g/mol. The van der Waals surface area contributed by atoms with E-state index in [1.165, 1.54) is 6.07 Å². The summed E-state index contributed by atoms with van der Waals surface area (Å²) in [5, 5.41) is 8.57. The zero-order valence-electron chi connectivity index (χ0n) is 9.78. The lowest BCUT2D eigenvalue weighted by Crippen LogP contribution is -2.31. The van der Waals surface area contributed by atoms with Gasteiger partial charge in [-0.05, 0) is 31.5 Å². The zero-order chi connectivity index (χ0) is 12.0. The molecule has 1 aromatic carbocycles. The van der Waals surface area contributed by atoms with Crippen molar-refractivity contribution in [1.82, 2.24) is 4.90 Å². The Hall–Kier alpha value is -1.40. The molecule has 0 fully saturated rings. The van der Waals surface area contributed by atoms with Gasteiger partial charge in [0.15, 0.2) is 0 Å². The molecular weight excluding hydrogens is 203 g/mol. The molecule has 0 spiro atoms. The Morgan fingerprint density at radius 3 is 2.75 bits per heavy atom. The van der Waals surface area contributed by atoms with Crippen LogP contribution in [0.4, 0.5) is 4.39 Å². The van der Waals surface area contributed by atoms with Crippen molar-refractivity contribution in [1.29, 1.82) is 5.26 Å². The summed E-state index contributed by atoms with van der Waals surface area (Å²) in [6.07, 6.45) is 0.507. The van der Waals surface area contributed by atoms with Gasteiger partial charge in [-0.1, -0.05) is 12.1 Å². The molecule has 0 bridgehead atoms. The smallest absolute Gasteiger partial charge is 0.123 e. The van der Waals surface area contributed by atoms with E-state index in [9.17, 15) is 4.39 Å².